The van der Waals surface area contributed by atoms with Crippen LogP contribution in [0.1, 0.15) is 87.9 Å². The van der Waals surface area contributed by atoms with Crippen molar-refractivity contribution in [2.24, 2.45) is 35.0 Å². The van der Waals surface area contributed by atoms with Crippen LogP contribution in [0.3, 0.4) is 0 Å². The van der Waals surface area contributed by atoms with Gasteiger partial charge in [0.2, 0.25) is 5.91 Å². The largest absolute Gasteiger partial charge is 0.478 e. The molecule has 4 N–H and O–H groups in total. The van der Waals surface area contributed by atoms with Crippen LogP contribution in [0, 0.1) is 35.0 Å². The van der Waals surface area contributed by atoms with Gasteiger partial charge in [0.1, 0.15) is 12.1 Å². The lowest BCUT2D eigenvalue weighted by Crippen LogP contribution is -2.62. The maximum atomic E-state index is 14.2. The summed E-state index contributed by atoms with van der Waals surface area (Å²) in [5.41, 5.74) is 3.40. The minimum atomic E-state index is -0.931. The van der Waals surface area contributed by atoms with E-state index < -0.39 is 30.1 Å². The molecule has 1 aliphatic heterocycles. The number of carboxylic acid groups (broad SMARTS) is 1. The zero-order chi connectivity index (χ0) is 37.2. The zero-order valence-corrected chi connectivity index (χ0v) is 32.0. The molecule has 4 aliphatic rings. The fourth-order valence-electron chi connectivity index (χ4n) is 9.43. The number of hydrogen-bond donors (Lipinski definition) is 4. The lowest BCUT2D eigenvalue weighted by Gasteiger charge is -2.62. The van der Waals surface area contributed by atoms with E-state index >= 15 is 0 Å². The van der Waals surface area contributed by atoms with Gasteiger partial charge in [-0.2, -0.15) is 5.06 Å². The summed E-state index contributed by atoms with van der Waals surface area (Å²) >= 11 is 0. The quantitative estimate of drug-likeness (QED) is 0.190. The van der Waals surface area contributed by atoms with Gasteiger partial charge in [-0.1, -0.05) is 77.1 Å². The average molecular weight is 707 g/mol. The van der Waals surface area contributed by atoms with Gasteiger partial charge in [-0.15, -0.1) is 0 Å². The summed E-state index contributed by atoms with van der Waals surface area (Å²) in [6.07, 6.45) is 1.56. The van der Waals surface area contributed by atoms with Gasteiger partial charge < -0.3 is 25.5 Å². The van der Waals surface area contributed by atoms with Gasteiger partial charge in [0, 0.05) is 37.6 Å². The Morgan fingerprint density at radius 1 is 1.04 bits per heavy atom. The second-order valence-corrected chi connectivity index (χ2v) is 17.0. The number of amides is 1. The van der Waals surface area contributed by atoms with Gasteiger partial charge >= 0.3 is 5.97 Å². The molecule has 282 valence electrons. The van der Waals surface area contributed by atoms with Gasteiger partial charge in [0.05, 0.1) is 24.8 Å². The predicted molar refractivity (Wildman–Crippen MR) is 198 cm³/mol. The summed E-state index contributed by atoms with van der Waals surface area (Å²) in [6, 6.07) is 15.0. The number of likely N-dealkylation sites (N-methyl/N-ethyl adjacent to an activating group) is 1. The number of aliphatic hydroxyl groups excluding tert-OH is 2. The molecule has 10 heteroatoms. The Balaban J connectivity index is 1.38. The topological polar surface area (TPSA) is 126 Å². The Morgan fingerprint density at radius 3 is 2.35 bits per heavy atom. The second kappa shape index (κ2) is 16.4. The van der Waals surface area contributed by atoms with Crippen LogP contribution in [0.15, 0.2) is 48.5 Å². The smallest absolute Gasteiger partial charge is 0.336 e. The van der Waals surface area contributed by atoms with Crippen molar-refractivity contribution in [3.63, 3.8) is 0 Å². The standard InChI is InChI=1S/C41H62N4O6/c1-25(2)16-32(23-43(7)8)44(22-30-14-9-10-15-33(30)40(49)50)20-28-12-11-13-29(17-28)21-45-38(37(27(4)47)36(24-46)51-45)39(48)42-35-19-31-18-34(26(35)3)41(31,5)6/h9-15,17,25-27,31-32,34-38,46-47H,16,18-24H2,1-8H3,(H,42,48)(H,49,50)/t26-,27-,31-,32-,34+,35-,36-,37+,38-/m0/s1. The summed E-state index contributed by atoms with van der Waals surface area (Å²) in [4.78, 5) is 37.1. The van der Waals surface area contributed by atoms with E-state index in [1.165, 1.54) is 6.42 Å². The van der Waals surface area contributed by atoms with E-state index in [4.69, 9.17) is 4.84 Å². The van der Waals surface area contributed by atoms with Crippen LogP contribution < -0.4 is 5.32 Å². The van der Waals surface area contributed by atoms with E-state index in [1.807, 2.05) is 24.3 Å². The lowest BCUT2D eigenvalue weighted by molar-refractivity contribution is -0.183. The molecule has 51 heavy (non-hydrogen) atoms. The second-order valence-electron chi connectivity index (χ2n) is 17.0. The van der Waals surface area contributed by atoms with Crippen molar-refractivity contribution in [1.82, 2.24) is 20.2 Å². The third-order valence-electron chi connectivity index (χ3n) is 12.2. The van der Waals surface area contributed by atoms with E-state index in [9.17, 15) is 24.9 Å². The maximum Gasteiger partial charge on any atom is 0.336 e. The molecule has 1 saturated heterocycles. The van der Waals surface area contributed by atoms with Crippen LogP contribution in [0.4, 0.5) is 0 Å². The fraction of sp³-hybridized carbons (Fsp3) is 0.659. The van der Waals surface area contributed by atoms with Crippen LogP contribution in [0.2, 0.25) is 0 Å². The Morgan fingerprint density at radius 2 is 1.75 bits per heavy atom. The van der Waals surface area contributed by atoms with E-state index in [0.717, 1.165) is 36.1 Å². The van der Waals surface area contributed by atoms with Crippen molar-refractivity contribution in [3.05, 3.63) is 70.8 Å². The summed E-state index contributed by atoms with van der Waals surface area (Å²) in [6.45, 7) is 15.0. The molecule has 0 aromatic heterocycles. The van der Waals surface area contributed by atoms with Crippen molar-refractivity contribution in [2.45, 2.75) is 111 Å². The maximum absolute atomic E-state index is 14.2. The number of carboxylic acids is 1. The number of hydroxylamine groups is 2. The summed E-state index contributed by atoms with van der Waals surface area (Å²) in [5, 5.41) is 36.2. The van der Waals surface area contributed by atoms with Gasteiger partial charge in [-0.3, -0.25) is 14.5 Å². The Bertz CT molecular complexity index is 1490. The Hall–Kier alpha value is -2.86. The molecule has 2 aromatic carbocycles. The van der Waals surface area contributed by atoms with Crippen molar-refractivity contribution >= 4 is 11.9 Å². The van der Waals surface area contributed by atoms with Crippen molar-refractivity contribution in [2.75, 3.05) is 27.2 Å². The number of rotatable bonds is 16. The van der Waals surface area contributed by atoms with Crippen LogP contribution in [0.5, 0.6) is 0 Å². The highest BCUT2D eigenvalue weighted by Crippen LogP contribution is 2.61. The lowest BCUT2D eigenvalue weighted by atomic mass is 9.45. The van der Waals surface area contributed by atoms with Crippen molar-refractivity contribution < 1.29 is 29.7 Å². The highest BCUT2D eigenvalue weighted by molar-refractivity contribution is 5.89. The monoisotopic (exact) mass is 706 g/mol. The molecule has 1 heterocycles. The van der Waals surface area contributed by atoms with Gasteiger partial charge in [-0.25, -0.2) is 4.79 Å². The molecule has 3 aliphatic carbocycles. The van der Waals surface area contributed by atoms with Crippen molar-refractivity contribution in [3.8, 4) is 0 Å². The first-order valence-electron chi connectivity index (χ1n) is 18.9. The molecule has 0 radical (unpaired) electrons. The van der Waals surface area contributed by atoms with Gasteiger partial charge in [0.25, 0.3) is 0 Å². The molecule has 0 unspecified atom stereocenters. The number of fused-ring (bicyclic) bond motifs is 2. The van der Waals surface area contributed by atoms with Crippen LogP contribution in [-0.2, 0) is 29.3 Å². The van der Waals surface area contributed by atoms with E-state index in [1.54, 1.807) is 24.1 Å². The first kappa shape index (κ1) is 39.3. The fourth-order valence-corrected chi connectivity index (χ4v) is 9.43. The molecular weight excluding hydrogens is 644 g/mol. The molecule has 1 amide bonds. The third-order valence-corrected chi connectivity index (χ3v) is 12.2. The van der Waals surface area contributed by atoms with Gasteiger partial charge in [-0.05, 0) is 92.1 Å². The summed E-state index contributed by atoms with van der Waals surface area (Å²) in [7, 11) is 4.14. The third kappa shape index (κ3) is 8.86. The highest BCUT2D eigenvalue weighted by atomic mass is 16.7. The van der Waals surface area contributed by atoms with Gasteiger partial charge in [0.15, 0.2) is 0 Å². The summed E-state index contributed by atoms with van der Waals surface area (Å²) in [5.74, 6) is 0.299. The molecule has 10 nitrogen and oxygen atoms in total. The van der Waals surface area contributed by atoms with E-state index in [2.05, 4.69) is 76.0 Å². The number of carbonyl (C=O) groups excluding carboxylic acids is 1. The SMILES string of the molecule is CC(C)C[C@@H](CN(C)C)N(Cc1cccc(CN2O[C@@H](CO)[C@@H]([C@H](C)O)[C@H]2C(=O)N[C@H]2C[C@@H]3C[C@H]([C@@H]2C)C3(C)C)c1)Cc1ccccc1C(=O)O. The highest BCUT2D eigenvalue weighted by Gasteiger charge is 2.57. The van der Waals surface area contributed by atoms with Crippen LogP contribution in [-0.4, -0.2) is 99.6 Å². The Labute approximate surface area is 305 Å². The molecule has 9 atom stereocenters. The molecular formula is C41H62N4O6. The van der Waals surface area contributed by atoms with Crippen LogP contribution in [0.25, 0.3) is 0 Å². The Kier molecular flexibility index (Phi) is 12.7. The van der Waals surface area contributed by atoms with Crippen LogP contribution >= 0.6 is 0 Å². The van der Waals surface area contributed by atoms with E-state index in [-0.39, 0.29) is 24.6 Å². The number of aromatic carboxylic acids is 1. The molecule has 2 aromatic rings. The van der Waals surface area contributed by atoms with E-state index in [0.29, 0.717) is 54.3 Å². The number of nitrogens with one attached hydrogen (secondary N) is 1. The minimum absolute atomic E-state index is 0.0699. The number of hydrogen-bond acceptors (Lipinski definition) is 8. The normalized spacial score (nSPS) is 28.5. The first-order valence-corrected chi connectivity index (χ1v) is 18.9. The summed E-state index contributed by atoms with van der Waals surface area (Å²) < 4.78 is 0. The minimum Gasteiger partial charge on any atom is -0.478 e. The number of carbonyl (C=O) groups is 2. The van der Waals surface area contributed by atoms with Crippen molar-refractivity contribution in [1.29, 1.82) is 0 Å². The number of benzene rings is 2. The first-order chi connectivity index (χ1) is 24.1. The molecule has 2 bridgehead atoms. The number of nitrogens with zero attached hydrogens (tertiary/aromatic N) is 3. The molecule has 4 fully saturated rings. The predicted octanol–water partition coefficient (Wildman–Crippen LogP) is 5.02. The average Bonchev–Trinajstić information content (AvgIpc) is 3.43. The zero-order valence-electron chi connectivity index (χ0n) is 32.0. The number of aliphatic hydroxyl groups is 2. The molecule has 3 saturated carbocycles. The molecule has 0 spiro atoms. The molecule has 6 rings (SSSR count).